The number of aromatic nitrogens is 2. The molecule has 0 fully saturated rings. The Balaban J connectivity index is 1.66. The second-order valence-corrected chi connectivity index (χ2v) is 6.79. The lowest BCUT2D eigenvalue weighted by Crippen LogP contribution is -2.38. The Hall–Kier alpha value is -2.67. The van der Waals surface area contributed by atoms with Gasteiger partial charge in [0.1, 0.15) is 5.82 Å². The number of thioether (sulfide) groups is 1. The smallest absolute Gasteiger partial charge is 0.277 e. The Morgan fingerprint density at radius 1 is 1.12 bits per heavy atom. The van der Waals surface area contributed by atoms with Gasteiger partial charge >= 0.3 is 0 Å². The van der Waals surface area contributed by atoms with Crippen LogP contribution in [0.15, 0.2) is 64.2 Å². The SMILES string of the molecule is CC(C)N(C(=O)CSc1nnc(-c2ccc(F)cc2)o1)c1ccccc1. The molecule has 2 aromatic carbocycles. The largest absolute Gasteiger partial charge is 0.411 e. The summed E-state index contributed by atoms with van der Waals surface area (Å²) in [6, 6.07) is 15.3. The number of anilines is 1. The Labute approximate surface area is 155 Å². The van der Waals surface area contributed by atoms with E-state index in [-0.39, 0.29) is 23.5 Å². The molecule has 7 heteroatoms. The minimum Gasteiger partial charge on any atom is -0.411 e. The molecule has 0 N–H and O–H groups in total. The Morgan fingerprint density at radius 3 is 2.46 bits per heavy atom. The molecule has 1 heterocycles. The van der Waals surface area contributed by atoms with Gasteiger partial charge < -0.3 is 9.32 Å². The fourth-order valence-electron chi connectivity index (χ4n) is 2.49. The third kappa shape index (κ3) is 4.29. The van der Waals surface area contributed by atoms with Crippen molar-refractivity contribution in [1.29, 1.82) is 0 Å². The van der Waals surface area contributed by atoms with Crippen LogP contribution < -0.4 is 4.90 Å². The summed E-state index contributed by atoms with van der Waals surface area (Å²) in [6.07, 6.45) is 0. The van der Waals surface area contributed by atoms with E-state index in [1.807, 2.05) is 44.2 Å². The van der Waals surface area contributed by atoms with Gasteiger partial charge in [-0.05, 0) is 50.2 Å². The van der Waals surface area contributed by atoms with Gasteiger partial charge in [0.05, 0.1) is 5.75 Å². The minimum absolute atomic E-state index is 0.0305. The molecular formula is C19H18FN3O2S. The third-order valence-corrected chi connectivity index (χ3v) is 4.44. The molecule has 26 heavy (non-hydrogen) atoms. The van der Waals surface area contributed by atoms with Crippen LogP contribution in [-0.2, 0) is 4.79 Å². The number of halogens is 1. The van der Waals surface area contributed by atoms with Crippen LogP contribution >= 0.6 is 11.8 Å². The zero-order valence-electron chi connectivity index (χ0n) is 14.4. The van der Waals surface area contributed by atoms with Crippen molar-refractivity contribution in [2.45, 2.75) is 25.1 Å². The van der Waals surface area contributed by atoms with Crippen LogP contribution in [-0.4, -0.2) is 27.9 Å². The van der Waals surface area contributed by atoms with Crippen molar-refractivity contribution in [3.05, 3.63) is 60.4 Å². The normalized spacial score (nSPS) is 10.9. The summed E-state index contributed by atoms with van der Waals surface area (Å²) >= 11 is 1.18. The monoisotopic (exact) mass is 371 g/mol. The lowest BCUT2D eigenvalue weighted by atomic mass is 10.2. The number of carbonyl (C=O) groups is 1. The van der Waals surface area contributed by atoms with Gasteiger partial charge in [0.15, 0.2) is 0 Å². The topological polar surface area (TPSA) is 59.2 Å². The molecule has 0 atom stereocenters. The fraction of sp³-hybridized carbons (Fsp3) is 0.211. The first kappa shape index (κ1) is 18.1. The third-order valence-electron chi connectivity index (χ3n) is 3.64. The zero-order valence-corrected chi connectivity index (χ0v) is 15.2. The van der Waals surface area contributed by atoms with Crippen molar-refractivity contribution in [2.24, 2.45) is 0 Å². The van der Waals surface area contributed by atoms with Crippen LogP contribution in [0.25, 0.3) is 11.5 Å². The van der Waals surface area contributed by atoms with Gasteiger partial charge in [-0.1, -0.05) is 30.0 Å². The second-order valence-electron chi connectivity index (χ2n) is 5.86. The number of rotatable bonds is 6. The molecule has 1 amide bonds. The Kier molecular flexibility index (Phi) is 5.68. The lowest BCUT2D eigenvalue weighted by Gasteiger charge is -2.26. The summed E-state index contributed by atoms with van der Waals surface area (Å²) in [6.45, 7) is 3.93. The van der Waals surface area contributed by atoms with Crippen molar-refractivity contribution in [3.63, 3.8) is 0 Å². The molecule has 3 aromatic rings. The average Bonchev–Trinajstić information content (AvgIpc) is 3.10. The first-order valence-corrected chi connectivity index (χ1v) is 9.12. The van der Waals surface area contributed by atoms with E-state index in [0.717, 1.165) is 5.69 Å². The minimum atomic E-state index is -0.330. The van der Waals surface area contributed by atoms with Gasteiger partial charge in [-0.2, -0.15) is 0 Å². The number of amides is 1. The molecule has 1 aromatic heterocycles. The maximum atomic E-state index is 13.0. The van der Waals surface area contributed by atoms with Crippen molar-refractivity contribution in [2.75, 3.05) is 10.7 Å². The molecule has 3 rings (SSSR count). The van der Waals surface area contributed by atoms with Crippen molar-refractivity contribution >= 4 is 23.4 Å². The van der Waals surface area contributed by atoms with Crippen LogP contribution in [0.4, 0.5) is 10.1 Å². The van der Waals surface area contributed by atoms with Crippen LogP contribution in [0.5, 0.6) is 0 Å². The standard InChI is InChI=1S/C19H18FN3O2S/c1-13(2)23(16-6-4-3-5-7-16)17(24)12-26-19-22-21-18(25-19)14-8-10-15(20)11-9-14/h3-11,13H,12H2,1-2H3. The van der Waals surface area contributed by atoms with Crippen molar-refractivity contribution in [1.82, 2.24) is 10.2 Å². The molecule has 0 aliphatic carbocycles. The van der Waals surface area contributed by atoms with Crippen molar-refractivity contribution in [3.8, 4) is 11.5 Å². The summed E-state index contributed by atoms with van der Waals surface area (Å²) < 4.78 is 18.5. The molecule has 0 aliphatic heterocycles. The molecule has 0 bridgehead atoms. The van der Waals surface area contributed by atoms with E-state index in [4.69, 9.17) is 4.42 Å². The summed E-state index contributed by atoms with van der Waals surface area (Å²) in [7, 11) is 0. The number of carbonyl (C=O) groups excluding carboxylic acids is 1. The fourth-order valence-corrected chi connectivity index (χ4v) is 3.11. The van der Waals surface area contributed by atoms with Crippen LogP contribution in [0.2, 0.25) is 0 Å². The molecule has 0 aliphatic rings. The van der Waals surface area contributed by atoms with E-state index in [1.54, 1.807) is 17.0 Å². The quantitative estimate of drug-likeness (QED) is 0.601. The molecular weight excluding hydrogens is 353 g/mol. The molecule has 0 saturated heterocycles. The van der Waals surface area contributed by atoms with Gasteiger partial charge in [0, 0.05) is 17.3 Å². The summed E-state index contributed by atoms with van der Waals surface area (Å²) in [5.74, 6) is 0.0996. The number of benzene rings is 2. The van der Waals surface area contributed by atoms with E-state index < -0.39 is 0 Å². The summed E-state index contributed by atoms with van der Waals surface area (Å²) in [5.41, 5.74) is 1.48. The second kappa shape index (κ2) is 8.14. The predicted molar refractivity (Wildman–Crippen MR) is 99.5 cm³/mol. The molecule has 0 unspecified atom stereocenters. The Bertz CT molecular complexity index is 866. The van der Waals surface area contributed by atoms with Gasteiger partial charge in [-0.15, -0.1) is 10.2 Å². The molecule has 5 nitrogen and oxygen atoms in total. The van der Waals surface area contributed by atoms with Crippen LogP contribution in [0.1, 0.15) is 13.8 Å². The highest BCUT2D eigenvalue weighted by Gasteiger charge is 2.20. The van der Waals surface area contributed by atoms with Gasteiger partial charge in [-0.3, -0.25) is 4.79 Å². The highest BCUT2D eigenvalue weighted by Crippen LogP contribution is 2.25. The maximum absolute atomic E-state index is 13.0. The molecule has 134 valence electrons. The Morgan fingerprint density at radius 2 is 1.81 bits per heavy atom. The predicted octanol–water partition coefficient (Wildman–Crippen LogP) is 4.41. The van der Waals surface area contributed by atoms with E-state index in [1.165, 1.54) is 23.9 Å². The van der Waals surface area contributed by atoms with E-state index >= 15 is 0 Å². The first-order chi connectivity index (χ1) is 12.5. The number of hydrogen-bond acceptors (Lipinski definition) is 5. The first-order valence-electron chi connectivity index (χ1n) is 8.14. The molecule has 0 spiro atoms. The summed E-state index contributed by atoms with van der Waals surface area (Å²) in [5, 5.41) is 8.19. The average molecular weight is 371 g/mol. The highest BCUT2D eigenvalue weighted by molar-refractivity contribution is 7.99. The van der Waals surface area contributed by atoms with E-state index in [2.05, 4.69) is 10.2 Å². The van der Waals surface area contributed by atoms with Crippen LogP contribution in [0.3, 0.4) is 0 Å². The number of nitrogens with zero attached hydrogens (tertiary/aromatic N) is 3. The maximum Gasteiger partial charge on any atom is 0.277 e. The molecule has 0 saturated carbocycles. The van der Waals surface area contributed by atoms with Crippen LogP contribution in [0, 0.1) is 5.82 Å². The number of hydrogen-bond donors (Lipinski definition) is 0. The van der Waals surface area contributed by atoms with Gasteiger partial charge in [-0.25, -0.2) is 4.39 Å². The van der Waals surface area contributed by atoms with Crippen molar-refractivity contribution < 1.29 is 13.6 Å². The summed E-state index contributed by atoms with van der Waals surface area (Å²) in [4.78, 5) is 14.4. The number of para-hydroxylation sites is 1. The zero-order chi connectivity index (χ0) is 18.5. The van der Waals surface area contributed by atoms with E-state index in [9.17, 15) is 9.18 Å². The molecule has 0 radical (unpaired) electrons. The highest BCUT2D eigenvalue weighted by atomic mass is 32.2. The lowest BCUT2D eigenvalue weighted by molar-refractivity contribution is -0.116. The van der Waals surface area contributed by atoms with Gasteiger partial charge in [0.25, 0.3) is 5.22 Å². The van der Waals surface area contributed by atoms with E-state index in [0.29, 0.717) is 16.7 Å². The van der Waals surface area contributed by atoms with Gasteiger partial charge in [0.2, 0.25) is 11.8 Å².